The minimum atomic E-state index is 0.0659. The van der Waals surface area contributed by atoms with E-state index >= 15 is 0 Å². The normalized spacial score (nSPS) is 18.5. The highest BCUT2D eigenvalue weighted by Gasteiger charge is 2.27. The van der Waals surface area contributed by atoms with Crippen LogP contribution in [-0.4, -0.2) is 43.2 Å². The highest BCUT2D eigenvalue weighted by molar-refractivity contribution is 5.78. The molecule has 1 aromatic carbocycles. The lowest BCUT2D eigenvalue weighted by molar-refractivity contribution is -0.134. The summed E-state index contributed by atoms with van der Waals surface area (Å²) >= 11 is 0. The number of ether oxygens (including phenoxy) is 2. The van der Waals surface area contributed by atoms with Crippen molar-refractivity contribution >= 4 is 5.91 Å². The van der Waals surface area contributed by atoms with Gasteiger partial charge in [-0.2, -0.15) is 0 Å². The zero-order valence-corrected chi connectivity index (χ0v) is 16.1. The third kappa shape index (κ3) is 5.37. The third-order valence-electron chi connectivity index (χ3n) is 5.33. The Morgan fingerprint density at radius 3 is 2.65 bits per heavy atom. The number of rotatable bonds is 9. The molecule has 2 fully saturated rings. The van der Waals surface area contributed by atoms with Crippen LogP contribution in [0.2, 0.25) is 0 Å². The summed E-state index contributed by atoms with van der Waals surface area (Å²) in [5, 5.41) is 3.59. The van der Waals surface area contributed by atoms with E-state index in [4.69, 9.17) is 9.47 Å². The summed E-state index contributed by atoms with van der Waals surface area (Å²) in [5.74, 6) is 2.27. The van der Waals surface area contributed by atoms with Gasteiger partial charge in [0, 0.05) is 25.7 Å². The van der Waals surface area contributed by atoms with Crippen LogP contribution in [0.5, 0.6) is 11.5 Å². The number of hydrogen-bond donors (Lipinski definition) is 1. The van der Waals surface area contributed by atoms with E-state index in [2.05, 4.69) is 18.3 Å². The summed E-state index contributed by atoms with van der Waals surface area (Å²) in [6.45, 7) is 7.40. The summed E-state index contributed by atoms with van der Waals surface area (Å²) in [7, 11) is 0. The van der Waals surface area contributed by atoms with Gasteiger partial charge >= 0.3 is 0 Å². The van der Waals surface area contributed by atoms with Crippen molar-refractivity contribution in [3.63, 3.8) is 0 Å². The molecule has 1 aromatic rings. The van der Waals surface area contributed by atoms with Crippen molar-refractivity contribution in [1.82, 2.24) is 10.2 Å². The van der Waals surface area contributed by atoms with Gasteiger partial charge in [-0.3, -0.25) is 4.79 Å². The number of amides is 1. The lowest BCUT2D eigenvalue weighted by atomic mass is 10.1. The molecule has 0 bridgehead atoms. The second-order valence-corrected chi connectivity index (χ2v) is 7.45. The van der Waals surface area contributed by atoms with Crippen LogP contribution in [0, 0.1) is 5.92 Å². The van der Waals surface area contributed by atoms with Crippen molar-refractivity contribution in [1.29, 1.82) is 0 Å². The fourth-order valence-electron chi connectivity index (χ4n) is 3.47. The average Bonchev–Trinajstić information content (AvgIpc) is 3.51. The number of piperidine rings is 1. The van der Waals surface area contributed by atoms with Gasteiger partial charge in [-0.1, -0.05) is 6.07 Å². The van der Waals surface area contributed by atoms with E-state index in [0.717, 1.165) is 44.1 Å². The van der Waals surface area contributed by atoms with Crippen LogP contribution < -0.4 is 14.8 Å². The van der Waals surface area contributed by atoms with Crippen molar-refractivity contribution in [2.24, 2.45) is 5.92 Å². The zero-order valence-electron chi connectivity index (χ0n) is 16.1. The van der Waals surface area contributed by atoms with Crippen LogP contribution in [0.4, 0.5) is 0 Å². The molecule has 1 aliphatic carbocycles. The Kier molecular flexibility index (Phi) is 6.78. The van der Waals surface area contributed by atoms with Gasteiger partial charge < -0.3 is 19.7 Å². The molecule has 1 amide bonds. The highest BCUT2D eigenvalue weighted by atomic mass is 16.5. The second kappa shape index (κ2) is 9.26. The van der Waals surface area contributed by atoms with Crippen LogP contribution in [0.1, 0.15) is 51.5 Å². The molecule has 1 atom stereocenters. The lowest BCUT2D eigenvalue weighted by Crippen LogP contribution is -2.38. The molecule has 1 saturated carbocycles. The third-order valence-corrected chi connectivity index (χ3v) is 5.33. The number of carbonyl (C=O) groups is 1. The van der Waals surface area contributed by atoms with E-state index in [1.165, 1.54) is 24.8 Å². The highest BCUT2D eigenvalue weighted by Crippen LogP contribution is 2.33. The monoisotopic (exact) mass is 360 g/mol. The van der Waals surface area contributed by atoms with Crippen LogP contribution in [-0.2, 0) is 11.3 Å². The SMILES string of the molecule is CCOc1cc(CNC(C)C2CC2)ccc1OCC(=O)N1CCCCC1. The fourth-order valence-corrected chi connectivity index (χ4v) is 3.47. The van der Waals surface area contributed by atoms with Gasteiger partial charge in [0.25, 0.3) is 5.91 Å². The Morgan fingerprint density at radius 2 is 1.96 bits per heavy atom. The maximum atomic E-state index is 12.3. The van der Waals surface area contributed by atoms with Gasteiger partial charge in [-0.05, 0) is 69.6 Å². The van der Waals surface area contributed by atoms with Gasteiger partial charge in [-0.25, -0.2) is 0 Å². The molecule has 1 unspecified atom stereocenters. The Balaban J connectivity index is 1.55. The van der Waals surface area contributed by atoms with Crippen molar-refractivity contribution < 1.29 is 14.3 Å². The van der Waals surface area contributed by atoms with Crippen molar-refractivity contribution in [2.45, 2.75) is 58.5 Å². The number of nitrogens with zero attached hydrogens (tertiary/aromatic N) is 1. The molecular formula is C21H32N2O3. The van der Waals surface area contributed by atoms with E-state index in [9.17, 15) is 4.79 Å². The Morgan fingerprint density at radius 1 is 1.19 bits per heavy atom. The van der Waals surface area contributed by atoms with Gasteiger partial charge in [0.05, 0.1) is 6.61 Å². The minimum Gasteiger partial charge on any atom is -0.490 e. The topological polar surface area (TPSA) is 50.8 Å². The van der Waals surface area contributed by atoms with Gasteiger partial charge in [0.1, 0.15) is 0 Å². The van der Waals surface area contributed by atoms with Crippen LogP contribution >= 0.6 is 0 Å². The minimum absolute atomic E-state index is 0.0659. The molecule has 2 aliphatic rings. The number of benzene rings is 1. The number of nitrogens with one attached hydrogen (secondary N) is 1. The van der Waals surface area contributed by atoms with Crippen LogP contribution in [0.3, 0.4) is 0 Å². The van der Waals surface area contributed by atoms with E-state index < -0.39 is 0 Å². The molecule has 1 N–H and O–H groups in total. The van der Waals surface area contributed by atoms with Crippen LogP contribution in [0.25, 0.3) is 0 Å². The molecular weight excluding hydrogens is 328 g/mol. The number of carbonyl (C=O) groups excluding carboxylic acids is 1. The molecule has 1 aliphatic heterocycles. The first-order valence-electron chi connectivity index (χ1n) is 10.1. The first-order chi connectivity index (χ1) is 12.7. The smallest absolute Gasteiger partial charge is 0.260 e. The zero-order chi connectivity index (χ0) is 18.4. The van der Waals surface area contributed by atoms with Gasteiger partial charge in [0.2, 0.25) is 0 Å². The molecule has 0 aromatic heterocycles. The largest absolute Gasteiger partial charge is 0.490 e. The second-order valence-electron chi connectivity index (χ2n) is 7.45. The predicted molar refractivity (Wildman–Crippen MR) is 103 cm³/mol. The fraction of sp³-hybridized carbons (Fsp3) is 0.667. The Labute approximate surface area is 157 Å². The molecule has 0 spiro atoms. The van der Waals surface area contributed by atoms with Crippen molar-refractivity contribution in [3.8, 4) is 11.5 Å². The molecule has 144 valence electrons. The standard InChI is InChI=1S/C21H32N2O3/c1-3-25-20-13-17(14-22-16(2)18-8-9-18)7-10-19(20)26-15-21(24)23-11-5-4-6-12-23/h7,10,13,16,18,22H,3-6,8-9,11-12,14-15H2,1-2H3. The Bertz CT molecular complexity index is 595. The summed E-state index contributed by atoms with van der Waals surface area (Å²) in [4.78, 5) is 14.2. The maximum Gasteiger partial charge on any atom is 0.260 e. The average molecular weight is 360 g/mol. The molecule has 26 heavy (non-hydrogen) atoms. The predicted octanol–water partition coefficient (Wildman–Crippen LogP) is 3.36. The molecule has 3 rings (SSSR count). The number of hydrogen-bond acceptors (Lipinski definition) is 4. The van der Waals surface area contributed by atoms with E-state index in [1.807, 2.05) is 24.0 Å². The van der Waals surface area contributed by atoms with Gasteiger partial charge in [-0.15, -0.1) is 0 Å². The lowest BCUT2D eigenvalue weighted by Gasteiger charge is -2.26. The Hall–Kier alpha value is -1.75. The van der Waals surface area contributed by atoms with E-state index in [-0.39, 0.29) is 12.5 Å². The van der Waals surface area contributed by atoms with Crippen molar-refractivity contribution in [3.05, 3.63) is 23.8 Å². The first kappa shape index (κ1) is 19.0. The summed E-state index contributed by atoms with van der Waals surface area (Å²) in [5.41, 5.74) is 1.18. The molecule has 1 saturated heterocycles. The number of likely N-dealkylation sites (tertiary alicyclic amines) is 1. The quantitative estimate of drug-likeness (QED) is 0.734. The maximum absolute atomic E-state index is 12.3. The summed E-state index contributed by atoms with van der Waals surface area (Å²) in [6, 6.07) is 6.56. The molecule has 5 nitrogen and oxygen atoms in total. The van der Waals surface area contributed by atoms with E-state index in [0.29, 0.717) is 18.4 Å². The molecule has 0 radical (unpaired) electrons. The first-order valence-corrected chi connectivity index (χ1v) is 10.1. The summed E-state index contributed by atoms with van der Waals surface area (Å²) < 4.78 is 11.5. The molecule has 1 heterocycles. The summed E-state index contributed by atoms with van der Waals surface area (Å²) in [6.07, 6.45) is 6.09. The van der Waals surface area contributed by atoms with Gasteiger partial charge in [0.15, 0.2) is 18.1 Å². The van der Waals surface area contributed by atoms with E-state index in [1.54, 1.807) is 0 Å². The molecule has 5 heteroatoms. The van der Waals surface area contributed by atoms with Crippen molar-refractivity contribution in [2.75, 3.05) is 26.3 Å². The van der Waals surface area contributed by atoms with Crippen LogP contribution in [0.15, 0.2) is 18.2 Å².